The van der Waals surface area contributed by atoms with Crippen LogP contribution in [0, 0.1) is 24.2 Å². The van der Waals surface area contributed by atoms with Crippen molar-refractivity contribution in [3.63, 3.8) is 0 Å². The summed E-state index contributed by atoms with van der Waals surface area (Å²) in [5.41, 5.74) is 0.605. The topological polar surface area (TPSA) is 87.3 Å². The van der Waals surface area contributed by atoms with Gasteiger partial charge in [0, 0.05) is 36.7 Å². The first-order valence-corrected chi connectivity index (χ1v) is 14.9. The number of carbonyl (C=O) groups is 2. The molecule has 0 N–H and O–H groups in total. The van der Waals surface area contributed by atoms with E-state index in [0.717, 1.165) is 35.5 Å². The summed E-state index contributed by atoms with van der Waals surface area (Å²) in [6.45, 7) is 13.8. The molecule has 7 nitrogen and oxygen atoms in total. The first-order valence-electron chi connectivity index (χ1n) is 13.0. The number of carbonyl (C=O) groups excluding carboxylic acids is 2. The Balaban J connectivity index is 1.90. The molecule has 37 heavy (non-hydrogen) atoms. The minimum absolute atomic E-state index is 0.00299. The van der Waals surface area contributed by atoms with E-state index in [0.29, 0.717) is 6.42 Å². The minimum Gasteiger partial charge on any atom is -0.458 e. The third-order valence-electron chi connectivity index (χ3n) is 8.17. The van der Waals surface area contributed by atoms with Gasteiger partial charge in [0.2, 0.25) is 0 Å². The molecule has 0 saturated carbocycles. The van der Waals surface area contributed by atoms with Crippen LogP contribution in [0.5, 0.6) is 0 Å². The number of aryl methyl sites for hydroxylation is 1. The van der Waals surface area contributed by atoms with Gasteiger partial charge in [0.25, 0.3) is 0 Å². The van der Waals surface area contributed by atoms with Crippen molar-refractivity contribution in [3.05, 3.63) is 21.7 Å². The molecule has 2 aliphatic rings. The lowest BCUT2D eigenvalue weighted by Gasteiger charge is -2.37. The van der Waals surface area contributed by atoms with Crippen molar-refractivity contribution in [1.29, 1.82) is 0 Å². The highest BCUT2D eigenvalue weighted by atomic mass is 32.1. The number of fused-ring (bicyclic) bond motifs is 1. The van der Waals surface area contributed by atoms with E-state index in [9.17, 15) is 9.59 Å². The number of hydrogen-bond acceptors (Lipinski definition) is 8. The fourth-order valence-corrected chi connectivity index (χ4v) is 7.02. The third-order valence-corrected chi connectivity index (χ3v) is 9.61. The number of nitrogens with zero attached hydrogens (tertiary/aromatic N) is 1. The predicted octanol–water partition coefficient (Wildman–Crippen LogP) is 6.11. The number of ether oxygens (including phenoxy) is 2. The highest BCUT2D eigenvalue weighted by Gasteiger charge is 2.53. The lowest BCUT2D eigenvalue weighted by molar-refractivity contribution is -0.153. The van der Waals surface area contributed by atoms with Gasteiger partial charge in [-0.05, 0) is 51.2 Å². The van der Waals surface area contributed by atoms with Gasteiger partial charge < -0.3 is 18.5 Å². The standard InChI is InChI=1S/C27H43NO6P2S/c1-15-9-8-10-27(7)22(32-27)12-20(16(2)11-19-14-37-18(4)28-19)31-23(29)13-21(33-35)26(5,6)25(30)17(3)24(15)34-36/h11,14-15,17,20-22,24H,8-10,12-13,35-36H2,1-7H3/b16-11+. The number of ketones is 1. The molecule has 1 aromatic rings. The van der Waals surface area contributed by atoms with Crippen LogP contribution >= 0.6 is 30.3 Å². The zero-order chi connectivity index (χ0) is 27.5. The second-order valence-corrected chi connectivity index (χ2v) is 13.1. The Kier molecular flexibility index (Phi) is 10.5. The van der Waals surface area contributed by atoms with E-state index < -0.39 is 23.6 Å². The molecular weight excluding hydrogens is 528 g/mol. The molecule has 2 fully saturated rings. The summed E-state index contributed by atoms with van der Waals surface area (Å²) in [6.07, 6.45) is 3.93. The van der Waals surface area contributed by atoms with E-state index >= 15 is 0 Å². The van der Waals surface area contributed by atoms with Crippen LogP contribution in [-0.2, 0) is 28.1 Å². The molecule has 0 bridgehead atoms. The Hall–Kier alpha value is -0.750. The van der Waals surface area contributed by atoms with Gasteiger partial charge in [-0.25, -0.2) is 4.98 Å². The maximum Gasteiger partial charge on any atom is 0.309 e. The molecule has 0 spiro atoms. The molecule has 208 valence electrons. The molecular formula is C27H43NO6P2S. The molecule has 9 atom stereocenters. The largest absolute Gasteiger partial charge is 0.458 e. The number of aromatic nitrogens is 1. The number of esters is 1. The number of hydrogen-bond donors (Lipinski definition) is 0. The van der Waals surface area contributed by atoms with Crippen molar-refractivity contribution >= 4 is 48.1 Å². The molecule has 0 amide bonds. The normalized spacial score (nSPS) is 36.1. The summed E-state index contributed by atoms with van der Waals surface area (Å²) < 4.78 is 23.6. The summed E-state index contributed by atoms with van der Waals surface area (Å²) in [5, 5.41) is 2.98. The smallest absolute Gasteiger partial charge is 0.309 e. The van der Waals surface area contributed by atoms with E-state index in [2.05, 4.69) is 37.8 Å². The van der Waals surface area contributed by atoms with Gasteiger partial charge in [-0.2, -0.15) is 0 Å². The molecule has 2 aliphatic heterocycles. The lowest BCUT2D eigenvalue weighted by atomic mass is 9.73. The zero-order valence-corrected chi connectivity index (χ0v) is 26.2. The highest BCUT2D eigenvalue weighted by Crippen LogP contribution is 2.45. The molecule has 2 saturated heterocycles. The maximum atomic E-state index is 13.7. The average Bonchev–Trinajstić information content (AvgIpc) is 3.27. The summed E-state index contributed by atoms with van der Waals surface area (Å²) in [5.74, 6) is -0.590. The second kappa shape index (κ2) is 12.6. The molecule has 0 aliphatic carbocycles. The van der Waals surface area contributed by atoms with Crippen LogP contribution in [0.25, 0.3) is 6.08 Å². The van der Waals surface area contributed by atoms with Crippen molar-refractivity contribution in [3.8, 4) is 0 Å². The zero-order valence-electron chi connectivity index (χ0n) is 23.1. The second-order valence-electron chi connectivity index (χ2n) is 11.5. The first-order chi connectivity index (χ1) is 17.3. The van der Waals surface area contributed by atoms with Crippen molar-refractivity contribution in [2.45, 2.75) is 111 Å². The maximum absolute atomic E-state index is 13.7. The molecule has 1 aromatic heterocycles. The Morgan fingerprint density at radius 2 is 1.92 bits per heavy atom. The van der Waals surface area contributed by atoms with Crippen LogP contribution in [0.1, 0.15) is 84.3 Å². The van der Waals surface area contributed by atoms with Gasteiger partial charge in [-0.3, -0.25) is 9.59 Å². The highest BCUT2D eigenvalue weighted by molar-refractivity contribution is 7.10. The molecule has 0 radical (unpaired) electrons. The van der Waals surface area contributed by atoms with E-state index in [1.807, 2.05) is 46.1 Å². The fraction of sp³-hybridized carbons (Fsp3) is 0.741. The molecule has 10 heteroatoms. The number of cyclic esters (lactones) is 1. The van der Waals surface area contributed by atoms with Crippen molar-refractivity contribution in [1.82, 2.24) is 4.98 Å². The van der Waals surface area contributed by atoms with Gasteiger partial charge >= 0.3 is 5.97 Å². The lowest BCUT2D eigenvalue weighted by Crippen LogP contribution is -2.46. The van der Waals surface area contributed by atoms with E-state index in [4.69, 9.17) is 18.5 Å². The number of Topliss-reactive ketones (excluding diaryl/α,β-unsaturated/α-hetero) is 1. The van der Waals surface area contributed by atoms with Gasteiger partial charge in [-0.1, -0.05) is 34.1 Å². The van der Waals surface area contributed by atoms with Crippen LogP contribution in [-0.4, -0.2) is 46.8 Å². The number of rotatable bonds is 4. The summed E-state index contributed by atoms with van der Waals surface area (Å²) in [7, 11) is 4.56. The number of thiazole rings is 1. The van der Waals surface area contributed by atoms with Crippen LogP contribution in [0.4, 0.5) is 0 Å². The Morgan fingerprint density at radius 3 is 2.51 bits per heavy atom. The van der Waals surface area contributed by atoms with Crippen molar-refractivity contribution < 1.29 is 28.1 Å². The van der Waals surface area contributed by atoms with Crippen molar-refractivity contribution in [2.75, 3.05) is 0 Å². The number of epoxide rings is 1. The summed E-state index contributed by atoms with van der Waals surface area (Å²) in [4.78, 5) is 31.4. The molecule has 0 aromatic carbocycles. The molecule has 3 rings (SSSR count). The van der Waals surface area contributed by atoms with E-state index in [-0.39, 0.29) is 41.8 Å². The van der Waals surface area contributed by atoms with Gasteiger partial charge in [0.15, 0.2) is 0 Å². The van der Waals surface area contributed by atoms with Crippen LogP contribution < -0.4 is 0 Å². The van der Waals surface area contributed by atoms with E-state index in [1.54, 1.807) is 11.3 Å². The first kappa shape index (κ1) is 30.8. The summed E-state index contributed by atoms with van der Waals surface area (Å²) >= 11 is 1.58. The van der Waals surface area contributed by atoms with Crippen LogP contribution in [0.15, 0.2) is 11.0 Å². The predicted molar refractivity (Wildman–Crippen MR) is 153 cm³/mol. The quantitative estimate of drug-likeness (QED) is 0.245. The van der Waals surface area contributed by atoms with Gasteiger partial charge in [0.05, 0.1) is 46.5 Å². The monoisotopic (exact) mass is 571 g/mol. The minimum atomic E-state index is -0.922. The Labute approximate surface area is 230 Å². The van der Waals surface area contributed by atoms with Gasteiger partial charge in [-0.15, -0.1) is 11.3 Å². The SMILES string of the molecule is C/C(=C\c1csc(C)n1)C1CC2OC2(C)CCCC(C)C(OP)C(C)C(=O)C(C)(C)C(OP)CC(=O)O1. The van der Waals surface area contributed by atoms with E-state index in [1.165, 1.54) is 0 Å². The van der Waals surface area contributed by atoms with Gasteiger partial charge in [0.1, 0.15) is 11.9 Å². The molecule has 9 unspecified atom stereocenters. The fourth-order valence-electron chi connectivity index (χ4n) is 5.51. The summed E-state index contributed by atoms with van der Waals surface area (Å²) in [6, 6.07) is 0. The van der Waals surface area contributed by atoms with Crippen LogP contribution in [0.2, 0.25) is 0 Å². The average molecular weight is 572 g/mol. The Morgan fingerprint density at radius 1 is 1.22 bits per heavy atom. The van der Waals surface area contributed by atoms with Crippen molar-refractivity contribution in [2.24, 2.45) is 17.3 Å². The van der Waals surface area contributed by atoms with Crippen LogP contribution in [0.3, 0.4) is 0 Å². The molecule has 3 heterocycles. The third kappa shape index (κ3) is 7.47. The Bertz CT molecular complexity index is 997.